The molecule has 0 radical (unpaired) electrons. The van der Waals surface area contributed by atoms with E-state index in [1.54, 1.807) is 18.2 Å². The summed E-state index contributed by atoms with van der Waals surface area (Å²) in [5, 5.41) is 0. The lowest BCUT2D eigenvalue weighted by atomic mass is 10.1. The third-order valence-electron chi connectivity index (χ3n) is 1.83. The first-order chi connectivity index (χ1) is 6.39. The molecule has 2 nitrogen and oxygen atoms in total. The molecule has 0 bridgehead atoms. The SMILES string of the molecule is Cl.Nc1cccc(CC(N)C(F)(F)F)c1. The van der Waals surface area contributed by atoms with Crippen LogP contribution in [0.4, 0.5) is 18.9 Å². The molecule has 0 amide bonds. The van der Waals surface area contributed by atoms with Gasteiger partial charge in [-0.2, -0.15) is 13.2 Å². The Balaban J connectivity index is 0.00000196. The Hall–Kier alpha value is -0.940. The summed E-state index contributed by atoms with van der Waals surface area (Å²) in [4.78, 5) is 0. The van der Waals surface area contributed by atoms with Crippen LogP contribution in [-0.4, -0.2) is 12.2 Å². The van der Waals surface area contributed by atoms with Gasteiger partial charge in [-0.3, -0.25) is 0 Å². The molecule has 0 aliphatic rings. The average molecular weight is 241 g/mol. The van der Waals surface area contributed by atoms with E-state index in [2.05, 4.69) is 0 Å². The summed E-state index contributed by atoms with van der Waals surface area (Å²) in [7, 11) is 0. The van der Waals surface area contributed by atoms with Gasteiger partial charge in [0.2, 0.25) is 0 Å². The van der Waals surface area contributed by atoms with Crippen molar-refractivity contribution in [3.8, 4) is 0 Å². The first kappa shape index (κ1) is 14.1. The highest BCUT2D eigenvalue weighted by atomic mass is 35.5. The Labute approximate surface area is 91.9 Å². The normalized spacial score (nSPS) is 13.1. The number of halogens is 4. The highest BCUT2D eigenvalue weighted by molar-refractivity contribution is 5.85. The number of rotatable bonds is 2. The molecule has 1 aromatic carbocycles. The van der Waals surface area contributed by atoms with E-state index in [-0.39, 0.29) is 18.8 Å². The minimum absolute atomic E-state index is 0. The monoisotopic (exact) mass is 240 g/mol. The van der Waals surface area contributed by atoms with Gasteiger partial charge in [0.15, 0.2) is 0 Å². The predicted octanol–water partition coefficient (Wildman–Crippen LogP) is 2.12. The van der Waals surface area contributed by atoms with E-state index in [1.165, 1.54) is 6.07 Å². The maximum Gasteiger partial charge on any atom is 0.403 e. The largest absolute Gasteiger partial charge is 0.403 e. The second kappa shape index (κ2) is 5.23. The summed E-state index contributed by atoms with van der Waals surface area (Å²) in [6.45, 7) is 0. The van der Waals surface area contributed by atoms with Crippen molar-refractivity contribution in [2.75, 3.05) is 5.73 Å². The summed E-state index contributed by atoms with van der Waals surface area (Å²) in [6.07, 6.45) is -4.60. The van der Waals surface area contributed by atoms with E-state index in [4.69, 9.17) is 11.5 Å². The number of anilines is 1. The highest BCUT2D eigenvalue weighted by Crippen LogP contribution is 2.21. The lowest BCUT2D eigenvalue weighted by Gasteiger charge is -2.15. The van der Waals surface area contributed by atoms with E-state index >= 15 is 0 Å². The molecule has 4 N–H and O–H groups in total. The van der Waals surface area contributed by atoms with Crippen molar-refractivity contribution >= 4 is 18.1 Å². The van der Waals surface area contributed by atoms with Gasteiger partial charge in [-0.1, -0.05) is 12.1 Å². The summed E-state index contributed by atoms with van der Waals surface area (Å²) in [6, 6.07) is 4.45. The van der Waals surface area contributed by atoms with Crippen LogP contribution in [-0.2, 0) is 6.42 Å². The fourth-order valence-electron chi connectivity index (χ4n) is 1.09. The molecule has 1 unspecified atom stereocenters. The van der Waals surface area contributed by atoms with Gasteiger partial charge in [0.25, 0.3) is 0 Å². The number of hydrogen-bond acceptors (Lipinski definition) is 2. The minimum atomic E-state index is -4.36. The quantitative estimate of drug-likeness (QED) is 0.778. The van der Waals surface area contributed by atoms with Crippen LogP contribution >= 0.6 is 12.4 Å². The van der Waals surface area contributed by atoms with Crippen molar-refractivity contribution < 1.29 is 13.2 Å². The molecule has 0 saturated carbocycles. The molecule has 0 aromatic heterocycles. The molecule has 86 valence electrons. The summed E-state index contributed by atoms with van der Waals surface area (Å²) in [5.74, 6) is 0. The summed E-state index contributed by atoms with van der Waals surface area (Å²) in [5.41, 5.74) is 11.3. The first-order valence-electron chi connectivity index (χ1n) is 4.06. The summed E-state index contributed by atoms with van der Waals surface area (Å²) < 4.78 is 36.2. The topological polar surface area (TPSA) is 52.0 Å². The fraction of sp³-hybridized carbons (Fsp3) is 0.333. The zero-order valence-corrected chi connectivity index (χ0v) is 8.61. The molecular weight excluding hydrogens is 229 g/mol. The molecule has 0 aliphatic heterocycles. The van der Waals surface area contributed by atoms with Crippen molar-refractivity contribution in [2.24, 2.45) is 5.73 Å². The number of benzene rings is 1. The molecule has 0 saturated heterocycles. The fourth-order valence-corrected chi connectivity index (χ4v) is 1.09. The van der Waals surface area contributed by atoms with E-state index in [0.29, 0.717) is 11.3 Å². The van der Waals surface area contributed by atoms with Gasteiger partial charge in [-0.25, -0.2) is 0 Å². The molecule has 0 spiro atoms. The smallest absolute Gasteiger partial charge is 0.399 e. The van der Waals surface area contributed by atoms with Crippen LogP contribution in [0.1, 0.15) is 5.56 Å². The third-order valence-corrected chi connectivity index (χ3v) is 1.83. The van der Waals surface area contributed by atoms with Crippen LogP contribution in [0.2, 0.25) is 0 Å². The van der Waals surface area contributed by atoms with Gasteiger partial charge >= 0.3 is 6.18 Å². The lowest BCUT2D eigenvalue weighted by molar-refractivity contribution is -0.147. The predicted molar refractivity (Wildman–Crippen MR) is 55.8 cm³/mol. The number of hydrogen-bond donors (Lipinski definition) is 2. The van der Waals surface area contributed by atoms with Crippen LogP contribution in [0.25, 0.3) is 0 Å². The molecule has 15 heavy (non-hydrogen) atoms. The second-order valence-electron chi connectivity index (χ2n) is 3.10. The maximum absolute atomic E-state index is 12.1. The Morgan fingerprint density at radius 3 is 2.33 bits per heavy atom. The molecule has 1 atom stereocenters. The van der Waals surface area contributed by atoms with Crippen LogP contribution in [0.15, 0.2) is 24.3 Å². The van der Waals surface area contributed by atoms with Gasteiger partial charge in [-0.15, -0.1) is 12.4 Å². The zero-order chi connectivity index (χ0) is 10.8. The van der Waals surface area contributed by atoms with Gasteiger partial charge in [0.05, 0.1) is 0 Å². The first-order valence-corrected chi connectivity index (χ1v) is 4.06. The van der Waals surface area contributed by atoms with Crippen molar-refractivity contribution in [1.82, 2.24) is 0 Å². The van der Waals surface area contributed by atoms with E-state index in [9.17, 15) is 13.2 Å². The van der Waals surface area contributed by atoms with E-state index in [0.717, 1.165) is 0 Å². The molecule has 0 fully saturated rings. The van der Waals surface area contributed by atoms with Crippen LogP contribution in [0, 0.1) is 0 Å². The second-order valence-corrected chi connectivity index (χ2v) is 3.10. The van der Waals surface area contributed by atoms with Gasteiger partial charge in [0, 0.05) is 5.69 Å². The third kappa shape index (κ3) is 4.40. The highest BCUT2D eigenvalue weighted by Gasteiger charge is 2.36. The van der Waals surface area contributed by atoms with E-state index in [1.807, 2.05) is 0 Å². The molecule has 0 aliphatic carbocycles. The minimum Gasteiger partial charge on any atom is -0.399 e. The maximum atomic E-state index is 12.1. The Morgan fingerprint density at radius 2 is 1.87 bits per heavy atom. The van der Waals surface area contributed by atoms with E-state index < -0.39 is 12.2 Å². The van der Waals surface area contributed by atoms with Crippen molar-refractivity contribution in [1.29, 1.82) is 0 Å². The molecule has 1 aromatic rings. The standard InChI is InChI=1S/C9H11F3N2.ClH/c10-9(11,12)8(14)5-6-2-1-3-7(13)4-6;/h1-4,8H,5,13-14H2;1H. The van der Waals surface area contributed by atoms with Crippen molar-refractivity contribution in [3.63, 3.8) is 0 Å². The van der Waals surface area contributed by atoms with Crippen LogP contribution in [0.5, 0.6) is 0 Å². The van der Waals surface area contributed by atoms with Gasteiger partial charge in [-0.05, 0) is 24.1 Å². The van der Waals surface area contributed by atoms with Gasteiger partial charge < -0.3 is 11.5 Å². The van der Waals surface area contributed by atoms with Crippen molar-refractivity contribution in [2.45, 2.75) is 18.6 Å². The molecule has 6 heteroatoms. The van der Waals surface area contributed by atoms with Crippen molar-refractivity contribution in [3.05, 3.63) is 29.8 Å². The lowest BCUT2D eigenvalue weighted by Crippen LogP contribution is -2.39. The average Bonchev–Trinajstić information content (AvgIpc) is 2.02. The zero-order valence-electron chi connectivity index (χ0n) is 7.79. The molecule has 1 rings (SSSR count). The number of nitrogen functional groups attached to an aromatic ring is 1. The van der Waals surface area contributed by atoms with Crippen LogP contribution < -0.4 is 11.5 Å². The molecule has 0 heterocycles. The molecular formula is C9H12ClF3N2. The number of nitrogens with two attached hydrogens (primary N) is 2. The Morgan fingerprint density at radius 1 is 1.27 bits per heavy atom. The Kier molecular flexibility index (Phi) is 4.90. The van der Waals surface area contributed by atoms with Crippen LogP contribution in [0.3, 0.4) is 0 Å². The Bertz CT molecular complexity index is 314. The number of alkyl halides is 3. The van der Waals surface area contributed by atoms with Gasteiger partial charge in [0.1, 0.15) is 6.04 Å². The summed E-state index contributed by atoms with van der Waals surface area (Å²) >= 11 is 0.